The van der Waals surface area contributed by atoms with E-state index in [2.05, 4.69) is 5.32 Å². The van der Waals surface area contributed by atoms with E-state index < -0.39 is 0 Å². The summed E-state index contributed by atoms with van der Waals surface area (Å²) in [6, 6.07) is 7.49. The molecular formula is C18H25ClN2O2. The highest BCUT2D eigenvalue weighted by atomic mass is 35.5. The molecule has 0 spiro atoms. The maximum absolute atomic E-state index is 12.7. The monoisotopic (exact) mass is 336 g/mol. The summed E-state index contributed by atoms with van der Waals surface area (Å²) in [5, 5.41) is 4.09. The largest absolute Gasteiger partial charge is 0.490 e. The van der Waals surface area contributed by atoms with Crippen molar-refractivity contribution in [2.45, 2.75) is 38.2 Å². The molecule has 2 aliphatic heterocycles. The average Bonchev–Trinajstić information content (AvgIpc) is 2.86. The van der Waals surface area contributed by atoms with Gasteiger partial charge < -0.3 is 15.0 Å². The third kappa shape index (κ3) is 4.61. The van der Waals surface area contributed by atoms with Crippen molar-refractivity contribution in [2.24, 2.45) is 5.92 Å². The fraction of sp³-hybridized carbons (Fsp3) is 0.611. The zero-order valence-corrected chi connectivity index (χ0v) is 14.2. The number of amides is 1. The smallest absolute Gasteiger partial charge is 0.225 e. The lowest BCUT2D eigenvalue weighted by molar-refractivity contribution is -0.137. The molecule has 1 aromatic rings. The van der Waals surface area contributed by atoms with E-state index in [1.165, 1.54) is 0 Å². The van der Waals surface area contributed by atoms with Crippen LogP contribution in [0.2, 0.25) is 5.02 Å². The number of piperidine rings is 1. The Morgan fingerprint density at radius 2 is 1.83 bits per heavy atom. The van der Waals surface area contributed by atoms with E-state index in [-0.39, 0.29) is 12.0 Å². The molecule has 0 aliphatic carbocycles. The number of carbonyl (C=O) groups is 1. The number of benzene rings is 1. The van der Waals surface area contributed by atoms with E-state index in [0.717, 1.165) is 69.1 Å². The Labute approximate surface area is 143 Å². The molecule has 1 aromatic carbocycles. The molecule has 4 nitrogen and oxygen atoms in total. The van der Waals surface area contributed by atoms with Gasteiger partial charge in [0.2, 0.25) is 5.91 Å². The van der Waals surface area contributed by atoms with Gasteiger partial charge in [0.05, 0.1) is 0 Å². The standard InChI is InChI=1S/C18H25ClN2O2/c19-15-3-5-16(6-4-15)23-17-8-12-21(13-9-17)18(22)14-2-1-10-20-11-7-14/h3-6,14,17,20H,1-2,7-13H2/t14-/m1/s1. The number of hydrogen-bond donors (Lipinski definition) is 1. The number of halogens is 1. The number of ether oxygens (including phenoxy) is 1. The van der Waals surface area contributed by atoms with Crippen molar-refractivity contribution in [2.75, 3.05) is 26.2 Å². The zero-order valence-electron chi connectivity index (χ0n) is 13.5. The molecule has 2 saturated heterocycles. The van der Waals surface area contributed by atoms with Crippen molar-refractivity contribution in [1.29, 1.82) is 0 Å². The second-order valence-electron chi connectivity index (χ2n) is 6.47. The third-order valence-electron chi connectivity index (χ3n) is 4.80. The van der Waals surface area contributed by atoms with Gasteiger partial charge in [0.25, 0.3) is 0 Å². The van der Waals surface area contributed by atoms with Crippen LogP contribution in [0.3, 0.4) is 0 Å². The van der Waals surface area contributed by atoms with Crippen LogP contribution in [0.4, 0.5) is 0 Å². The van der Waals surface area contributed by atoms with Crippen LogP contribution in [0, 0.1) is 5.92 Å². The van der Waals surface area contributed by atoms with Gasteiger partial charge in [-0.25, -0.2) is 0 Å². The van der Waals surface area contributed by atoms with Gasteiger partial charge in [-0.3, -0.25) is 4.79 Å². The predicted octanol–water partition coefficient (Wildman–Crippen LogP) is 3.10. The number of hydrogen-bond acceptors (Lipinski definition) is 3. The fourth-order valence-electron chi connectivity index (χ4n) is 3.42. The van der Waals surface area contributed by atoms with Gasteiger partial charge in [-0.2, -0.15) is 0 Å². The first kappa shape index (κ1) is 16.6. The van der Waals surface area contributed by atoms with Gasteiger partial charge in [-0.1, -0.05) is 11.6 Å². The Bertz CT molecular complexity index is 504. The van der Waals surface area contributed by atoms with Crippen molar-refractivity contribution in [3.8, 4) is 5.75 Å². The van der Waals surface area contributed by atoms with Crippen LogP contribution in [0.25, 0.3) is 0 Å². The molecule has 23 heavy (non-hydrogen) atoms. The second-order valence-corrected chi connectivity index (χ2v) is 6.91. The molecule has 3 rings (SSSR count). The van der Waals surface area contributed by atoms with Gasteiger partial charge in [-0.05, 0) is 56.6 Å². The Balaban J connectivity index is 1.47. The topological polar surface area (TPSA) is 41.6 Å². The molecule has 1 atom stereocenters. The molecule has 0 saturated carbocycles. The van der Waals surface area contributed by atoms with Crippen LogP contribution in [0.1, 0.15) is 32.1 Å². The minimum absolute atomic E-state index is 0.191. The average molecular weight is 337 g/mol. The normalized spacial score (nSPS) is 23.3. The van der Waals surface area contributed by atoms with Crippen molar-refractivity contribution in [3.05, 3.63) is 29.3 Å². The molecule has 126 valence electrons. The predicted molar refractivity (Wildman–Crippen MR) is 91.9 cm³/mol. The summed E-state index contributed by atoms with van der Waals surface area (Å²) in [5.74, 6) is 1.41. The first-order valence-corrected chi connectivity index (χ1v) is 9.02. The SMILES string of the molecule is O=C([C@@H]1CCCNCC1)N1CCC(Oc2ccc(Cl)cc2)CC1. The van der Waals surface area contributed by atoms with E-state index in [1.54, 1.807) is 0 Å². The van der Waals surface area contributed by atoms with Crippen molar-refractivity contribution >= 4 is 17.5 Å². The summed E-state index contributed by atoms with van der Waals surface area (Å²) in [5.41, 5.74) is 0. The molecule has 5 heteroatoms. The Kier molecular flexibility index (Phi) is 5.79. The van der Waals surface area contributed by atoms with Gasteiger partial charge in [0.15, 0.2) is 0 Å². The van der Waals surface area contributed by atoms with E-state index in [0.29, 0.717) is 5.91 Å². The third-order valence-corrected chi connectivity index (χ3v) is 5.05. The maximum Gasteiger partial charge on any atom is 0.225 e. The summed E-state index contributed by atoms with van der Waals surface area (Å²) in [6.45, 7) is 3.62. The number of rotatable bonds is 3. The molecule has 1 amide bonds. The van der Waals surface area contributed by atoms with Crippen molar-refractivity contribution in [1.82, 2.24) is 10.2 Å². The Morgan fingerprint density at radius 3 is 2.57 bits per heavy atom. The summed E-state index contributed by atoms with van der Waals surface area (Å²) < 4.78 is 6.00. The van der Waals surface area contributed by atoms with Gasteiger partial charge in [-0.15, -0.1) is 0 Å². The molecule has 1 N–H and O–H groups in total. The van der Waals surface area contributed by atoms with Crippen LogP contribution in [-0.2, 0) is 4.79 Å². The molecule has 0 radical (unpaired) electrons. The Morgan fingerprint density at radius 1 is 1.09 bits per heavy atom. The number of nitrogens with one attached hydrogen (secondary N) is 1. The molecular weight excluding hydrogens is 312 g/mol. The number of nitrogens with zero attached hydrogens (tertiary/aromatic N) is 1. The van der Waals surface area contributed by atoms with Crippen LogP contribution in [0.5, 0.6) is 5.75 Å². The molecule has 0 unspecified atom stereocenters. The second kappa shape index (κ2) is 8.02. The zero-order chi connectivity index (χ0) is 16.1. The van der Waals surface area contributed by atoms with Crippen molar-refractivity contribution in [3.63, 3.8) is 0 Å². The van der Waals surface area contributed by atoms with Crippen LogP contribution >= 0.6 is 11.6 Å². The van der Waals surface area contributed by atoms with Crippen molar-refractivity contribution < 1.29 is 9.53 Å². The van der Waals surface area contributed by atoms with E-state index in [9.17, 15) is 4.79 Å². The fourth-order valence-corrected chi connectivity index (χ4v) is 3.55. The van der Waals surface area contributed by atoms with Gasteiger partial charge >= 0.3 is 0 Å². The molecule has 0 aromatic heterocycles. The molecule has 2 aliphatic rings. The van der Waals surface area contributed by atoms with Crippen LogP contribution in [-0.4, -0.2) is 43.1 Å². The molecule has 2 fully saturated rings. The summed E-state index contributed by atoms with van der Waals surface area (Å²) in [6.07, 6.45) is 5.09. The first-order chi connectivity index (χ1) is 11.2. The quantitative estimate of drug-likeness (QED) is 0.922. The molecule has 2 heterocycles. The maximum atomic E-state index is 12.7. The summed E-state index contributed by atoms with van der Waals surface area (Å²) in [4.78, 5) is 14.7. The highest BCUT2D eigenvalue weighted by Crippen LogP contribution is 2.23. The van der Waals surface area contributed by atoms with Crippen LogP contribution < -0.4 is 10.1 Å². The van der Waals surface area contributed by atoms with Crippen LogP contribution in [0.15, 0.2) is 24.3 Å². The number of carbonyl (C=O) groups excluding carboxylic acids is 1. The highest BCUT2D eigenvalue weighted by Gasteiger charge is 2.29. The lowest BCUT2D eigenvalue weighted by atomic mass is 9.97. The molecule has 0 bridgehead atoms. The number of likely N-dealkylation sites (tertiary alicyclic amines) is 1. The van der Waals surface area contributed by atoms with Gasteiger partial charge in [0.1, 0.15) is 11.9 Å². The van der Waals surface area contributed by atoms with E-state index >= 15 is 0 Å². The minimum Gasteiger partial charge on any atom is -0.490 e. The van der Waals surface area contributed by atoms with E-state index in [4.69, 9.17) is 16.3 Å². The first-order valence-electron chi connectivity index (χ1n) is 8.64. The summed E-state index contributed by atoms with van der Waals surface area (Å²) in [7, 11) is 0. The lowest BCUT2D eigenvalue weighted by Gasteiger charge is -2.34. The lowest BCUT2D eigenvalue weighted by Crippen LogP contribution is -2.44. The summed E-state index contributed by atoms with van der Waals surface area (Å²) >= 11 is 5.89. The minimum atomic E-state index is 0.191. The van der Waals surface area contributed by atoms with Gasteiger partial charge in [0, 0.05) is 36.9 Å². The highest BCUT2D eigenvalue weighted by molar-refractivity contribution is 6.30. The Hall–Kier alpha value is -1.26. The van der Waals surface area contributed by atoms with E-state index in [1.807, 2.05) is 29.2 Å².